The monoisotopic (exact) mass is 364 g/mol. The van der Waals surface area contributed by atoms with Crippen LogP contribution in [0.2, 0.25) is 0 Å². The molecule has 3 aromatic rings. The molecule has 2 aromatic carbocycles. The third-order valence-electron chi connectivity index (χ3n) is 4.08. The van der Waals surface area contributed by atoms with Gasteiger partial charge in [0.05, 0.1) is 12.6 Å². The van der Waals surface area contributed by atoms with Gasteiger partial charge in [-0.15, -0.1) is 0 Å². The highest BCUT2D eigenvalue weighted by Crippen LogP contribution is 2.16. The topological polar surface area (TPSA) is 69.0 Å². The van der Waals surface area contributed by atoms with Crippen molar-refractivity contribution in [2.75, 3.05) is 0 Å². The lowest BCUT2D eigenvalue weighted by Crippen LogP contribution is -2.26. The first-order valence-electron chi connectivity index (χ1n) is 8.95. The van der Waals surface area contributed by atoms with Gasteiger partial charge in [0.1, 0.15) is 18.2 Å². The minimum absolute atomic E-state index is 0.102. The van der Waals surface area contributed by atoms with Crippen LogP contribution in [0.3, 0.4) is 0 Å². The Bertz CT molecular complexity index is 906. The summed E-state index contributed by atoms with van der Waals surface area (Å²) in [6.07, 6.45) is 0. The maximum Gasteiger partial charge on any atom is 0.217 e. The maximum atomic E-state index is 11.5. The number of hydrogen-bond acceptors (Lipinski definition) is 4. The average molecular weight is 364 g/mol. The first-order valence-corrected chi connectivity index (χ1v) is 8.95. The van der Waals surface area contributed by atoms with E-state index in [0.717, 1.165) is 11.3 Å². The van der Waals surface area contributed by atoms with E-state index in [9.17, 15) is 4.79 Å². The van der Waals surface area contributed by atoms with E-state index < -0.39 is 0 Å². The van der Waals surface area contributed by atoms with Crippen molar-refractivity contribution >= 4 is 5.91 Å². The molecule has 0 aliphatic carbocycles. The number of aryl methyl sites for hydroxylation is 1. The summed E-state index contributed by atoms with van der Waals surface area (Å²) in [6, 6.07) is 17.6. The fraction of sp³-hybridized carbons (Fsp3) is 0.286. The molecule has 1 atom stereocenters. The Balaban J connectivity index is 1.82. The predicted octanol–water partition coefficient (Wildman–Crippen LogP) is 3.41. The molecule has 0 saturated carbocycles. The van der Waals surface area contributed by atoms with Crippen molar-refractivity contribution in [3.8, 4) is 5.75 Å². The van der Waals surface area contributed by atoms with Gasteiger partial charge in [-0.05, 0) is 31.5 Å². The largest absolute Gasteiger partial charge is 0.486 e. The number of hydrogen-bond donors (Lipinski definition) is 1. The summed E-state index contributed by atoms with van der Waals surface area (Å²) in [4.78, 5) is 16.1. The van der Waals surface area contributed by atoms with Gasteiger partial charge < -0.3 is 10.1 Å². The normalized spacial score (nSPS) is 11.8. The van der Waals surface area contributed by atoms with E-state index in [-0.39, 0.29) is 18.6 Å². The molecule has 0 unspecified atom stereocenters. The minimum Gasteiger partial charge on any atom is -0.486 e. The van der Waals surface area contributed by atoms with Gasteiger partial charge in [0.15, 0.2) is 5.82 Å². The van der Waals surface area contributed by atoms with Crippen molar-refractivity contribution in [2.45, 2.75) is 40.0 Å². The second-order valence-corrected chi connectivity index (χ2v) is 6.56. The fourth-order valence-corrected chi connectivity index (χ4v) is 2.92. The number of rotatable bonds is 7. The molecule has 27 heavy (non-hydrogen) atoms. The summed E-state index contributed by atoms with van der Waals surface area (Å²) in [5.41, 5.74) is 2.32. The summed E-state index contributed by atoms with van der Waals surface area (Å²) >= 11 is 0. The summed E-state index contributed by atoms with van der Waals surface area (Å²) in [5.74, 6) is 1.95. The van der Waals surface area contributed by atoms with Crippen LogP contribution in [0.25, 0.3) is 0 Å². The lowest BCUT2D eigenvalue weighted by Gasteiger charge is -2.13. The fourth-order valence-electron chi connectivity index (χ4n) is 2.92. The standard InChI is InChI=1S/C21H24N4O2/c1-15-8-7-9-18(12-15)13-25-21(16(2)22-17(3)26)23-20(24-25)14-27-19-10-5-4-6-11-19/h4-12,16H,13-14H2,1-3H3,(H,22,26)/t16-/m0/s1. The van der Waals surface area contributed by atoms with Gasteiger partial charge in [-0.2, -0.15) is 5.10 Å². The summed E-state index contributed by atoms with van der Waals surface area (Å²) in [5, 5.41) is 7.49. The van der Waals surface area contributed by atoms with Crippen molar-refractivity contribution in [1.29, 1.82) is 0 Å². The molecule has 1 heterocycles. The van der Waals surface area contributed by atoms with Crippen LogP contribution in [-0.4, -0.2) is 20.7 Å². The Morgan fingerprint density at radius 2 is 1.96 bits per heavy atom. The molecular formula is C21H24N4O2. The highest BCUT2D eigenvalue weighted by atomic mass is 16.5. The molecule has 1 aromatic heterocycles. The highest BCUT2D eigenvalue weighted by molar-refractivity contribution is 5.73. The molecule has 6 nitrogen and oxygen atoms in total. The number of carbonyl (C=O) groups is 1. The number of aromatic nitrogens is 3. The molecule has 0 aliphatic heterocycles. The van der Waals surface area contributed by atoms with Crippen molar-refractivity contribution < 1.29 is 9.53 Å². The van der Waals surface area contributed by atoms with Crippen molar-refractivity contribution in [3.05, 3.63) is 77.4 Å². The number of nitrogens with one attached hydrogen (secondary N) is 1. The molecule has 0 saturated heterocycles. The Morgan fingerprint density at radius 3 is 2.67 bits per heavy atom. The molecule has 0 spiro atoms. The number of carbonyl (C=O) groups excluding carboxylic acids is 1. The van der Waals surface area contributed by atoms with E-state index in [2.05, 4.69) is 40.5 Å². The second-order valence-electron chi connectivity index (χ2n) is 6.56. The summed E-state index contributed by atoms with van der Waals surface area (Å²) in [7, 11) is 0. The summed E-state index contributed by atoms with van der Waals surface area (Å²) < 4.78 is 7.60. The minimum atomic E-state index is -0.245. The SMILES string of the molecule is CC(=O)N[C@@H](C)c1nc(COc2ccccc2)nn1Cc1cccc(C)c1. The quantitative estimate of drug-likeness (QED) is 0.697. The van der Waals surface area contributed by atoms with Crippen molar-refractivity contribution in [2.24, 2.45) is 0 Å². The van der Waals surface area contributed by atoms with E-state index >= 15 is 0 Å². The Morgan fingerprint density at radius 1 is 1.19 bits per heavy atom. The van der Waals surface area contributed by atoms with Crippen molar-refractivity contribution in [1.82, 2.24) is 20.1 Å². The van der Waals surface area contributed by atoms with Gasteiger partial charge in [-0.1, -0.05) is 48.0 Å². The molecule has 0 fully saturated rings. The van der Waals surface area contributed by atoms with Gasteiger partial charge >= 0.3 is 0 Å². The molecule has 0 aliphatic rings. The number of nitrogens with zero attached hydrogens (tertiary/aromatic N) is 3. The van der Waals surface area contributed by atoms with Crippen LogP contribution in [-0.2, 0) is 17.9 Å². The van der Waals surface area contributed by atoms with Crippen LogP contribution in [0.4, 0.5) is 0 Å². The Kier molecular flexibility index (Phi) is 5.86. The third kappa shape index (κ3) is 5.17. The van der Waals surface area contributed by atoms with Crippen LogP contribution >= 0.6 is 0 Å². The zero-order valence-corrected chi connectivity index (χ0v) is 15.8. The predicted molar refractivity (Wildman–Crippen MR) is 103 cm³/mol. The van der Waals surface area contributed by atoms with Crippen LogP contribution in [0.15, 0.2) is 54.6 Å². The molecule has 140 valence electrons. The molecule has 0 bridgehead atoms. The number of ether oxygens (including phenoxy) is 1. The van der Waals surface area contributed by atoms with Gasteiger partial charge in [-0.3, -0.25) is 4.79 Å². The van der Waals surface area contributed by atoms with Crippen LogP contribution in [0, 0.1) is 6.92 Å². The first kappa shape index (κ1) is 18.6. The lowest BCUT2D eigenvalue weighted by molar-refractivity contribution is -0.119. The van der Waals surface area contributed by atoms with Gasteiger partial charge in [0.2, 0.25) is 5.91 Å². The summed E-state index contributed by atoms with van der Waals surface area (Å²) in [6.45, 7) is 6.31. The molecule has 1 N–H and O–H groups in total. The van der Waals surface area contributed by atoms with Crippen LogP contribution in [0.1, 0.15) is 42.7 Å². The molecular weight excluding hydrogens is 340 g/mol. The van der Waals surface area contributed by atoms with Crippen LogP contribution in [0.5, 0.6) is 5.75 Å². The zero-order valence-electron chi connectivity index (χ0n) is 15.8. The molecule has 1 amide bonds. The number of para-hydroxylation sites is 1. The Hall–Kier alpha value is -3.15. The zero-order chi connectivity index (χ0) is 19.2. The maximum absolute atomic E-state index is 11.5. The molecule has 6 heteroatoms. The second kappa shape index (κ2) is 8.49. The molecule has 3 rings (SSSR count). The van der Waals surface area contributed by atoms with E-state index in [1.54, 1.807) is 0 Å². The molecule has 0 radical (unpaired) electrons. The van der Waals surface area contributed by atoms with E-state index in [1.165, 1.54) is 12.5 Å². The van der Waals surface area contributed by atoms with E-state index in [0.29, 0.717) is 18.2 Å². The number of amides is 1. The van der Waals surface area contributed by atoms with E-state index in [1.807, 2.05) is 48.0 Å². The van der Waals surface area contributed by atoms with Gasteiger partial charge in [0.25, 0.3) is 0 Å². The Labute approximate surface area is 159 Å². The van der Waals surface area contributed by atoms with E-state index in [4.69, 9.17) is 4.74 Å². The smallest absolute Gasteiger partial charge is 0.217 e. The highest BCUT2D eigenvalue weighted by Gasteiger charge is 2.18. The lowest BCUT2D eigenvalue weighted by atomic mass is 10.1. The van der Waals surface area contributed by atoms with Crippen LogP contribution < -0.4 is 10.1 Å². The van der Waals surface area contributed by atoms with Gasteiger partial charge in [-0.25, -0.2) is 9.67 Å². The van der Waals surface area contributed by atoms with Gasteiger partial charge in [0, 0.05) is 6.92 Å². The third-order valence-corrected chi connectivity index (χ3v) is 4.08. The number of benzene rings is 2. The van der Waals surface area contributed by atoms with Crippen molar-refractivity contribution in [3.63, 3.8) is 0 Å². The first-order chi connectivity index (χ1) is 13.0. The average Bonchev–Trinajstić information content (AvgIpc) is 3.03.